The molecule has 1 atom stereocenters. The first kappa shape index (κ1) is 24.6. The molecule has 4 rings (SSSR count). The molecule has 35 heavy (non-hydrogen) atoms. The highest BCUT2D eigenvalue weighted by atomic mass is 35.5. The number of rotatable bonds is 9. The van der Waals surface area contributed by atoms with Gasteiger partial charge in [-0.25, -0.2) is 0 Å². The Kier molecular flexibility index (Phi) is 7.57. The van der Waals surface area contributed by atoms with Crippen molar-refractivity contribution in [3.8, 4) is 17.2 Å². The zero-order chi connectivity index (χ0) is 24.9. The number of nitrogens with one attached hydrogen (secondary N) is 1. The van der Waals surface area contributed by atoms with Crippen molar-refractivity contribution in [3.05, 3.63) is 64.8 Å². The molecule has 2 heterocycles. The molecule has 1 aromatic heterocycles. The molecular weight excluding hydrogens is 472 g/mol. The average molecular weight is 499 g/mol. The van der Waals surface area contributed by atoms with E-state index >= 15 is 0 Å². The first-order valence-corrected chi connectivity index (χ1v) is 11.7. The molecule has 2 aromatic carbocycles. The summed E-state index contributed by atoms with van der Waals surface area (Å²) >= 11 is 6.41. The number of aliphatic hydroxyl groups is 1. The summed E-state index contributed by atoms with van der Waals surface area (Å²) in [6.07, 6.45) is 2.61. The monoisotopic (exact) mass is 498 g/mol. The molecule has 3 aromatic rings. The number of hydrogen-bond acceptors (Lipinski definition) is 6. The standard InChI is InChI=1S/C25H27ClN4O5/c1-3-18(31)15-34-19-11-17(24(32)27-23-7-10-29(2)28-23)12-20(14-19)35-22-6-5-16(13-21(22)26)25(33)30-8-4-9-30/h5-7,10-14,18,31H,3-4,8-9,15H2,1-2H3,(H,27,28,32). The summed E-state index contributed by atoms with van der Waals surface area (Å²) in [4.78, 5) is 27.1. The summed E-state index contributed by atoms with van der Waals surface area (Å²) in [6.45, 7) is 3.40. The Labute approximate surface area is 208 Å². The molecule has 1 aliphatic rings. The molecule has 1 aliphatic heterocycles. The number of likely N-dealkylation sites (tertiary alicyclic amines) is 1. The zero-order valence-corrected chi connectivity index (χ0v) is 20.3. The van der Waals surface area contributed by atoms with Gasteiger partial charge in [-0.3, -0.25) is 14.3 Å². The fourth-order valence-electron chi connectivity index (χ4n) is 3.37. The molecule has 1 fully saturated rings. The number of aromatic nitrogens is 2. The third kappa shape index (κ3) is 6.12. The van der Waals surface area contributed by atoms with E-state index in [0.717, 1.165) is 19.5 Å². The van der Waals surface area contributed by atoms with Crippen molar-refractivity contribution in [1.29, 1.82) is 0 Å². The summed E-state index contributed by atoms with van der Waals surface area (Å²) in [5.74, 6) is 0.914. The Bertz CT molecular complexity index is 1220. The van der Waals surface area contributed by atoms with Crippen LogP contribution < -0.4 is 14.8 Å². The maximum absolute atomic E-state index is 12.9. The van der Waals surface area contributed by atoms with Crippen LogP contribution in [0.25, 0.3) is 0 Å². The minimum atomic E-state index is -0.642. The summed E-state index contributed by atoms with van der Waals surface area (Å²) in [6, 6.07) is 11.3. The van der Waals surface area contributed by atoms with Crippen molar-refractivity contribution in [3.63, 3.8) is 0 Å². The lowest BCUT2D eigenvalue weighted by Gasteiger charge is -2.31. The van der Waals surface area contributed by atoms with Crippen LogP contribution in [0.15, 0.2) is 48.7 Å². The SMILES string of the molecule is CCC(O)COc1cc(Oc2ccc(C(=O)N3CCC3)cc2Cl)cc(C(=O)Nc2ccn(C)n2)c1. The minimum Gasteiger partial charge on any atom is -0.491 e. The molecule has 0 bridgehead atoms. The Morgan fingerprint density at radius 2 is 1.91 bits per heavy atom. The number of benzene rings is 2. The zero-order valence-electron chi connectivity index (χ0n) is 19.5. The van der Waals surface area contributed by atoms with Gasteiger partial charge >= 0.3 is 0 Å². The van der Waals surface area contributed by atoms with Gasteiger partial charge in [0, 0.05) is 49.6 Å². The van der Waals surface area contributed by atoms with Crippen LogP contribution >= 0.6 is 11.6 Å². The van der Waals surface area contributed by atoms with Gasteiger partial charge in [-0.1, -0.05) is 18.5 Å². The van der Waals surface area contributed by atoms with Crippen molar-refractivity contribution in [2.24, 2.45) is 7.05 Å². The number of halogens is 1. The van der Waals surface area contributed by atoms with Gasteiger partial charge in [-0.05, 0) is 43.2 Å². The normalized spacial score (nSPS) is 13.7. The van der Waals surface area contributed by atoms with E-state index in [-0.39, 0.29) is 23.1 Å². The number of carbonyl (C=O) groups is 2. The summed E-state index contributed by atoms with van der Waals surface area (Å²) in [5, 5.41) is 17.0. The highest BCUT2D eigenvalue weighted by Gasteiger charge is 2.22. The van der Waals surface area contributed by atoms with E-state index in [0.29, 0.717) is 35.1 Å². The van der Waals surface area contributed by atoms with E-state index in [1.165, 1.54) is 0 Å². The van der Waals surface area contributed by atoms with Crippen molar-refractivity contribution >= 4 is 29.2 Å². The van der Waals surface area contributed by atoms with Gasteiger partial charge < -0.3 is 24.8 Å². The third-order valence-corrected chi connectivity index (χ3v) is 5.86. The molecule has 1 unspecified atom stereocenters. The van der Waals surface area contributed by atoms with Gasteiger partial charge in [-0.2, -0.15) is 5.10 Å². The van der Waals surface area contributed by atoms with Crippen LogP contribution in [-0.2, 0) is 7.05 Å². The Hall–Kier alpha value is -3.56. The highest BCUT2D eigenvalue weighted by Crippen LogP contribution is 2.33. The molecule has 0 saturated carbocycles. The van der Waals surface area contributed by atoms with Gasteiger partial charge in [-0.15, -0.1) is 0 Å². The number of nitrogens with zero attached hydrogens (tertiary/aromatic N) is 3. The fourth-order valence-corrected chi connectivity index (χ4v) is 3.59. The first-order chi connectivity index (χ1) is 16.8. The average Bonchev–Trinajstić information content (AvgIpc) is 3.21. The minimum absolute atomic E-state index is 0.0648. The molecule has 9 nitrogen and oxygen atoms in total. The van der Waals surface area contributed by atoms with E-state index in [4.69, 9.17) is 21.1 Å². The first-order valence-electron chi connectivity index (χ1n) is 11.4. The molecule has 1 saturated heterocycles. The molecule has 10 heteroatoms. The van der Waals surface area contributed by atoms with Crippen LogP contribution in [0.2, 0.25) is 5.02 Å². The Balaban J connectivity index is 1.56. The number of amides is 2. The van der Waals surface area contributed by atoms with Crippen LogP contribution in [0.4, 0.5) is 5.82 Å². The molecule has 0 spiro atoms. The lowest BCUT2D eigenvalue weighted by molar-refractivity contribution is 0.0651. The topological polar surface area (TPSA) is 106 Å². The summed E-state index contributed by atoms with van der Waals surface area (Å²) in [5.41, 5.74) is 0.762. The van der Waals surface area contributed by atoms with Crippen molar-refractivity contribution in [2.75, 3.05) is 25.0 Å². The summed E-state index contributed by atoms with van der Waals surface area (Å²) < 4.78 is 13.2. The predicted molar refractivity (Wildman–Crippen MR) is 131 cm³/mol. The van der Waals surface area contributed by atoms with Crippen LogP contribution in [-0.4, -0.2) is 57.4 Å². The van der Waals surface area contributed by atoms with Crippen molar-refractivity contribution in [2.45, 2.75) is 25.9 Å². The second-order valence-corrected chi connectivity index (χ2v) is 8.70. The van der Waals surface area contributed by atoms with Gasteiger partial charge in [0.1, 0.15) is 23.9 Å². The predicted octanol–water partition coefficient (Wildman–Crippen LogP) is 4.11. The van der Waals surface area contributed by atoms with E-state index in [1.807, 2.05) is 6.92 Å². The van der Waals surface area contributed by atoms with Crippen LogP contribution in [0.5, 0.6) is 17.2 Å². The van der Waals surface area contributed by atoms with Crippen LogP contribution in [0.3, 0.4) is 0 Å². The van der Waals surface area contributed by atoms with Crippen molar-refractivity contribution in [1.82, 2.24) is 14.7 Å². The lowest BCUT2D eigenvalue weighted by atomic mass is 10.1. The van der Waals surface area contributed by atoms with E-state index in [2.05, 4.69) is 10.4 Å². The molecule has 2 N–H and O–H groups in total. The van der Waals surface area contributed by atoms with E-state index in [9.17, 15) is 14.7 Å². The summed E-state index contributed by atoms with van der Waals surface area (Å²) in [7, 11) is 1.75. The number of ether oxygens (including phenoxy) is 2. The fraction of sp³-hybridized carbons (Fsp3) is 0.320. The second kappa shape index (κ2) is 10.8. The van der Waals surface area contributed by atoms with E-state index < -0.39 is 12.0 Å². The molecule has 2 amide bonds. The Morgan fingerprint density at radius 1 is 1.14 bits per heavy atom. The maximum atomic E-state index is 12.9. The number of anilines is 1. The Morgan fingerprint density at radius 3 is 2.54 bits per heavy atom. The van der Waals surface area contributed by atoms with Gasteiger partial charge in [0.05, 0.1) is 11.1 Å². The second-order valence-electron chi connectivity index (χ2n) is 8.29. The number of aliphatic hydroxyl groups excluding tert-OH is 1. The van der Waals surface area contributed by atoms with Gasteiger partial charge in [0.25, 0.3) is 11.8 Å². The number of hydrogen-bond donors (Lipinski definition) is 2. The number of carbonyl (C=O) groups excluding carboxylic acids is 2. The molecule has 184 valence electrons. The van der Waals surface area contributed by atoms with Gasteiger partial charge in [0.2, 0.25) is 0 Å². The quantitative estimate of drug-likeness (QED) is 0.460. The molecular formula is C25H27ClN4O5. The largest absolute Gasteiger partial charge is 0.491 e. The number of aryl methyl sites for hydroxylation is 1. The van der Waals surface area contributed by atoms with Gasteiger partial charge in [0.15, 0.2) is 5.82 Å². The molecule has 0 radical (unpaired) electrons. The lowest BCUT2D eigenvalue weighted by Crippen LogP contribution is -2.41. The maximum Gasteiger partial charge on any atom is 0.257 e. The third-order valence-electron chi connectivity index (χ3n) is 5.56. The highest BCUT2D eigenvalue weighted by molar-refractivity contribution is 6.32. The van der Waals surface area contributed by atoms with Crippen molar-refractivity contribution < 1.29 is 24.2 Å². The van der Waals surface area contributed by atoms with Crippen LogP contribution in [0, 0.1) is 0 Å². The molecule has 0 aliphatic carbocycles. The smallest absolute Gasteiger partial charge is 0.257 e. The van der Waals surface area contributed by atoms with E-state index in [1.54, 1.807) is 65.3 Å². The van der Waals surface area contributed by atoms with Crippen LogP contribution in [0.1, 0.15) is 40.5 Å².